The lowest BCUT2D eigenvalue weighted by Gasteiger charge is -2.45. The van der Waals surface area contributed by atoms with Gasteiger partial charge in [0.2, 0.25) is 0 Å². The fourth-order valence-electron chi connectivity index (χ4n) is 4.43. The summed E-state index contributed by atoms with van der Waals surface area (Å²) in [6.07, 6.45) is 2.86. The van der Waals surface area contributed by atoms with Crippen molar-refractivity contribution >= 4 is 28.6 Å². The number of nitrogens with one attached hydrogen (secondary N) is 1. The maximum Gasteiger partial charge on any atom is 0.271 e. The van der Waals surface area contributed by atoms with Crippen LogP contribution in [0, 0.1) is 6.92 Å². The number of hydrogen-bond acceptors (Lipinski definition) is 3. The monoisotopic (exact) mass is 399 g/mol. The first kappa shape index (κ1) is 20.1. The molecule has 0 aliphatic carbocycles. The third kappa shape index (κ3) is 3.70. The molecule has 0 saturated heterocycles. The van der Waals surface area contributed by atoms with Crippen LogP contribution in [0.5, 0.6) is 0 Å². The Morgan fingerprint density at radius 2 is 1.87 bits per heavy atom. The molecule has 3 aromatic carbocycles. The highest BCUT2D eigenvalue weighted by atomic mass is 16.2. The standard InChI is InChI=1S/C26H29N3O/c1-17-12-24-23(18(2)15-26(3,4)29(24)5)14-22(17)16-27-28-25(30)21-11-10-19-8-6-7-9-20(19)13-21/h6-14,16,18H,15H2,1-5H3,(H,28,30)/b27-16-. The van der Waals surface area contributed by atoms with E-state index in [-0.39, 0.29) is 11.4 Å². The van der Waals surface area contributed by atoms with Crippen molar-refractivity contribution < 1.29 is 4.79 Å². The molecule has 1 unspecified atom stereocenters. The SMILES string of the molecule is Cc1cc2c(cc1/C=N\NC(=O)c1ccc3ccccc3c1)C(C)CC(C)(C)N2C. The van der Waals surface area contributed by atoms with E-state index in [1.165, 1.54) is 11.3 Å². The van der Waals surface area contributed by atoms with Gasteiger partial charge in [-0.25, -0.2) is 5.43 Å². The lowest BCUT2D eigenvalue weighted by molar-refractivity contribution is 0.0955. The Kier molecular flexibility index (Phi) is 5.10. The largest absolute Gasteiger partial charge is 0.369 e. The van der Waals surface area contributed by atoms with Gasteiger partial charge in [0.1, 0.15) is 0 Å². The Morgan fingerprint density at radius 3 is 2.63 bits per heavy atom. The van der Waals surface area contributed by atoms with Crippen LogP contribution in [0.4, 0.5) is 5.69 Å². The molecule has 1 aliphatic rings. The number of fused-ring (bicyclic) bond motifs is 2. The maximum absolute atomic E-state index is 12.5. The Balaban J connectivity index is 1.54. The lowest BCUT2D eigenvalue weighted by atomic mass is 9.79. The molecular formula is C26H29N3O. The van der Waals surface area contributed by atoms with Crippen molar-refractivity contribution in [2.45, 2.75) is 45.6 Å². The Hall–Kier alpha value is -3.14. The van der Waals surface area contributed by atoms with Crippen molar-refractivity contribution in [1.29, 1.82) is 0 Å². The lowest BCUT2D eigenvalue weighted by Crippen LogP contribution is -2.45. The molecule has 30 heavy (non-hydrogen) atoms. The quantitative estimate of drug-likeness (QED) is 0.458. The number of anilines is 1. The Bertz CT molecular complexity index is 1150. The fraction of sp³-hybridized carbons (Fsp3) is 0.308. The van der Waals surface area contributed by atoms with Crippen LogP contribution in [0.2, 0.25) is 0 Å². The van der Waals surface area contributed by atoms with Crippen molar-refractivity contribution in [2.24, 2.45) is 5.10 Å². The van der Waals surface area contributed by atoms with Crippen LogP contribution < -0.4 is 10.3 Å². The second kappa shape index (κ2) is 7.60. The van der Waals surface area contributed by atoms with E-state index in [1.807, 2.05) is 42.5 Å². The molecule has 4 heteroatoms. The molecule has 1 heterocycles. The van der Waals surface area contributed by atoms with Crippen molar-refractivity contribution in [1.82, 2.24) is 5.43 Å². The topological polar surface area (TPSA) is 44.7 Å². The minimum atomic E-state index is -0.206. The molecular weight excluding hydrogens is 370 g/mol. The van der Waals surface area contributed by atoms with E-state index in [9.17, 15) is 4.79 Å². The van der Waals surface area contributed by atoms with E-state index in [0.29, 0.717) is 11.5 Å². The van der Waals surface area contributed by atoms with E-state index in [4.69, 9.17) is 0 Å². The summed E-state index contributed by atoms with van der Waals surface area (Å²) in [6, 6.07) is 18.1. The number of carbonyl (C=O) groups is 1. The van der Waals surface area contributed by atoms with Gasteiger partial charge in [0, 0.05) is 23.8 Å². The number of nitrogens with zero attached hydrogens (tertiary/aromatic N) is 2. The molecule has 154 valence electrons. The number of hydrogen-bond donors (Lipinski definition) is 1. The van der Waals surface area contributed by atoms with Crippen LogP contribution in [0.3, 0.4) is 0 Å². The van der Waals surface area contributed by atoms with Gasteiger partial charge in [0.05, 0.1) is 6.21 Å². The average Bonchev–Trinajstić information content (AvgIpc) is 2.72. The third-order valence-electron chi connectivity index (χ3n) is 6.40. The summed E-state index contributed by atoms with van der Waals surface area (Å²) >= 11 is 0. The highest BCUT2D eigenvalue weighted by molar-refractivity contribution is 5.99. The van der Waals surface area contributed by atoms with Crippen molar-refractivity contribution in [2.75, 3.05) is 11.9 Å². The van der Waals surface area contributed by atoms with Crippen LogP contribution in [0.25, 0.3) is 10.8 Å². The highest BCUT2D eigenvalue weighted by Gasteiger charge is 2.34. The van der Waals surface area contributed by atoms with Gasteiger partial charge in [-0.05, 0) is 84.8 Å². The van der Waals surface area contributed by atoms with Gasteiger partial charge in [-0.1, -0.05) is 37.3 Å². The van der Waals surface area contributed by atoms with Crippen LogP contribution in [-0.2, 0) is 0 Å². The summed E-state index contributed by atoms with van der Waals surface area (Å²) in [5.74, 6) is 0.272. The molecule has 3 aromatic rings. The van der Waals surface area contributed by atoms with E-state index in [2.05, 4.69) is 62.3 Å². The molecule has 1 atom stereocenters. The number of aryl methyl sites for hydroxylation is 1. The van der Waals surface area contributed by atoms with Crippen LogP contribution in [-0.4, -0.2) is 24.7 Å². The normalized spacial score (nSPS) is 17.9. The van der Waals surface area contributed by atoms with Crippen molar-refractivity contribution in [3.8, 4) is 0 Å². The zero-order valence-electron chi connectivity index (χ0n) is 18.4. The van der Waals surface area contributed by atoms with Crippen LogP contribution in [0.1, 0.15) is 60.2 Å². The maximum atomic E-state index is 12.5. The van der Waals surface area contributed by atoms with Gasteiger partial charge < -0.3 is 4.90 Å². The smallest absolute Gasteiger partial charge is 0.271 e. The van der Waals surface area contributed by atoms with Gasteiger partial charge in [-0.3, -0.25) is 4.79 Å². The first-order valence-corrected chi connectivity index (χ1v) is 10.5. The zero-order valence-corrected chi connectivity index (χ0v) is 18.4. The van der Waals surface area contributed by atoms with Crippen LogP contribution >= 0.6 is 0 Å². The number of carbonyl (C=O) groups excluding carboxylic acids is 1. The predicted molar refractivity (Wildman–Crippen MR) is 126 cm³/mol. The Labute approximate surface area is 178 Å². The van der Waals surface area contributed by atoms with E-state index < -0.39 is 0 Å². The van der Waals surface area contributed by atoms with Crippen LogP contribution in [0.15, 0.2) is 59.7 Å². The molecule has 0 saturated carbocycles. The number of hydrazone groups is 1. The van der Waals surface area contributed by atoms with Gasteiger partial charge in [0.25, 0.3) is 5.91 Å². The minimum absolute atomic E-state index is 0.141. The van der Waals surface area contributed by atoms with E-state index in [1.54, 1.807) is 6.21 Å². The highest BCUT2D eigenvalue weighted by Crippen LogP contribution is 2.43. The van der Waals surface area contributed by atoms with Gasteiger partial charge >= 0.3 is 0 Å². The first-order chi connectivity index (χ1) is 14.3. The fourth-order valence-corrected chi connectivity index (χ4v) is 4.43. The summed E-state index contributed by atoms with van der Waals surface area (Å²) in [5.41, 5.74) is 8.22. The molecule has 0 aromatic heterocycles. The molecule has 1 N–H and O–H groups in total. The second-order valence-corrected chi connectivity index (χ2v) is 9.01. The molecule has 4 nitrogen and oxygen atoms in total. The molecule has 1 aliphatic heterocycles. The predicted octanol–water partition coefficient (Wildman–Crippen LogP) is 5.63. The summed E-state index contributed by atoms with van der Waals surface area (Å²) in [5, 5.41) is 6.40. The number of amides is 1. The molecule has 0 spiro atoms. The first-order valence-electron chi connectivity index (χ1n) is 10.5. The molecule has 0 radical (unpaired) electrons. The van der Waals surface area contributed by atoms with Crippen molar-refractivity contribution in [3.05, 3.63) is 76.9 Å². The Morgan fingerprint density at radius 1 is 1.13 bits per heavy atom. The number of benzene rings is 3. The summed E-state index contributed by atoms with van der Waals surface area (Å²) in [6.45, 7) is 8.96. The summed E-state index contributed by atoms with van der Waals surface area (Å²) in [4.78, 5) is 14.9. The molecule has 0 fully saturated rings. The molecule has 0 bridgehead atoms. The third-order valence-corrected chi connectivity index (χ3v) is 6.40. The van der Waals surface area contributed by atoms with Gasteiger partial charge in [0.15, 0.2) is 0 Å². The van der Waals surface area contributed by atoms with Gasteiger partial charge in [-0.15, -0.1) is 0 Å². The van der Waals surface area contributed by atoms with Gasteiger partial charge in [-0.2, -0.15) is 5.10 Å². The molecule has 4 rings (SSSR count). The van der Waals surface area contributed by atoms with E-state index in [0.717, 1.165) is 28.3 Å². The summed E-state index contributed by atoms with van der Waals surface area (Å²) in [7, 11) is 2.17. The van der Waals surface area contributed by atoms with E-state index >= 15 is 0 Å². The molecule has 1 amide bonds. The summed E-state index contributed by atoms with van der Waals surface area (Å²) < 4.78 is 0. The number of rotatable bonds is 3. The average molecular weight is 400 g/mol. The zero-order chi connectivity index (χ0) is 21.5. The second-order valence-electron chi connectivity index (χ2n) is 9.01. The minimum Gasteiger partial charge on any atom is -0.369 e. The van der Waals surface area contributed by atoms with Crippen molar-refractivity contribution in [3.63, 3.8) is 0 Å².